The van der Waals surface area contributed by atoms with Crippen molar-refractivity contribution in [3.63, 3.8) is 0 Å². The van der Waals surface area contributed by atoms with Crippen LogP contribution in [0.4, 0.5) is 18.9 Å². The first kappa shape index (κ1) is 14.2. The highest BCUT2D eigenvalue weighted by Gasteiger charge is 2.41. The number of rotatable bonds is 3. The Hall–Kier alpha value is -0.750. The van der Waals surface area contributed by atoms with Crippen LogP contribution < -0.4 is 5.32 Å². The summed E-state index contributed by atoms with van der Waals surface area (Å²) in [5, 5.41) is 3.05. The van der Waals surface area contributed by atoms with Gasteiger partial charge in [0, 0.05) is 16.8 Å². The zero-order valence-electron chi connectivity index (χ0n) is 10.7. The normalized spacial score (nSPS) is 26.8. The van der Waals surface area contributed by atoms with Gasteiger partial charge in [0.05, 0.1) is 17.7 Å². The molecule has 1 aliphatic heterocycles. The van der Waals surface area contributed by atoms with Gasteiger partial charge in [0.1, 0.15) is 0 Å². The Morgan fingerprint density at radius 3 is 2.60 bits per heavy atom. The molecule has 0 radical (unpaired) electrons. The third kappa shape index (κ3) is 2.96. The Morgan fingerprint density at radius 2 is 1.95 bits per heavy atom. The lowest BCUT2D eigenvalue weighted by atomic mass is 10.0. The molecule has 3 rings (SSSR count). The Kier molecular flexibility index (Phi) is 3.71. The summed E-state index contributed by atoms with van der Waals surface area (Å²) in [7, 11) is 0. The summed E-state index contributed by atoms with van der Waals surface area (Å²) in [6, 6.07) is 3.98. The average molecular weight is 350 g/mol. The first-order chi connectivity index (χ1) is 9.45. The van der Waals surface area contributed by atoms with E-state index in [0.717, 1.165) is 25.3 Å². The largest absolute Gasteiger partial charge is 0.418 e. The van der Waals surface area contributed by atoms with Crippen molar-refractivity contribution in [2.75, 3.05) is 11.9 Å². The van der Waals surface area contributed by atoms with Crippen molar-refractivity contribution >= 4 is 21.6 Å². The van der Waals surface area contributed by atoms with Gasteiger partial charge in [-0.15, -0.1) is 0 Å². The minimum Gasteiger partial charge on any atom is -0.379 e. The van der Waals surface area contributed by atoms with Gasteiger partial charge in [0.2, 0.25) is 0 Å². The fourth-order valence-electron chi connectivity index (χ4n) is 2.74. The number of ether oxygens (including phenoxy) is 1. The van der Waals surface area contributed by atoms with Gasteiger partial charge in [-0.2, -0.15) is 13.2 Å². The molecule has 1 N–H and O–H groups in total. The van der Waals surface area contributed by atoms with Gasteiger partial charge in [0.25, 0.3) is 0 Å². The summed E-state index contributed by atoms with van der Waals surface area (Å²) >= 11 is 3.23. The topological polar surface area (TPSA) is 21.3 Å². The first-order valence-electron chi connectivity index (χ1n) is 6.70. The van der Waals surface area contributed by atoms with Crippen LogP contribution in [0.1, 0.15) is 24.8 Å². The average Bonchev–Trinajstić information content (AvgIpc) is 3.09. The molecule has 1 aromatic rings. The number of benzene rings is 1. The van der Waals surface area contributed by atoms with E-state index in [1.165, 1.54) is 12.1 Å². The maximum absolute atomic E-state index is 13.0. The number of hydrogen-bond donors (Lipinski definition) is 1. The molecule has 2 unspecified atom stereocenters. The van der Waals surface area contributed by atoms with E-state index in [1.54, 1.807) is 0 Å². The number of halogens is 4. The Morgan fingerprint density at radius 1 is 1.20 bits per heavy atom. The second-order valence-corrected chi connectivity index (χ2v) is 6.32. The highest BCUT2D eigenvalue weighted by atomic mass is 79.9. The summed E-state index contributed by atoms with van der Waals surface area (Å²) < 4.78 is 45.4. The minimum absolute atomic E-state index is 0.0297. The van der Waals surface area contributed by atoms with Gasteiger partial charge in [-0.1, -0.05) is 15.9 Å². The SMILES string of the molecule is FC(F)(F)c1ccc(Br)cc1NC1CCOC1C1CC1. The molecule has 0 aromatic heterocycles. The van der Waals surface area contributed by atoms with Crippen LogP contribution in [0.15, 0.2) is 22.7 Å². The predicted octanol–water partition coefficient (Wildman–Crippen LogP) is 4.45. The molecule has 1 heterocycles. The lowest BCUT2D eigenvalue weighted by Gasteiger charge is -2.23. The summed E-state index contributed by atoms with van der Waals surface area (Å²) in [6.45, 7) is 0.619. The van der Waals surface area contributed by atoms with Gasteiger partial charge in [-0.3, -0.25) is 0 Å². The van der Waals surface area contributed by atoms with Crippen molar-refractivity contribution in [1.82, 2.24) is 0 Å². The van der Waals surface area contributed by atoms with E-state index in [0.29, 0.717) is 17.0 Å². The van der Waals surface area contributed by atoms with Crippen molar-refractivity contribution in [3.8, 4) is 0 Å². The molecule has 1 aliphatic carbocycles. The zero-order chi connectivity index (χ0) is 14.3. The molecule has 2 aliphatic rings. The zero-order valence-corrected chi connectivity index (χ0v) is 12.3. The Balaban J connectivity index is 1.84. The molecule has 1 aromatic carbocycles. The number of alkyl halides is 3. The molecular weight excluding hydrogens is 335 g/mol. The Labute approximate surface area is 123 Å². The molecule has 2 fully saturated rings. The van der Waals surface area contributed by atoms with E-state index >= 15 is 0 Å². The van der Waals surface area contributed by atoms with Gasteiger partial charge >= 0.3 is 6.18 Å². The standard InChI is InChI=1S/C14H15BrF3NO/c15-9-3-4-10(14(16,17)18)12(7-9)19-11-5-6-20-13(11)8-1-2-8/h3-4,7-8,11,13,19H,1-2,5-6H2. The smallest absolute Gasteiger partial charge is 0.379 e. The number of hydrogen-bond acceptors (Lipinski definition) is 2. The maximum Gasteiger partial charge on any atom is 0.418 e. The van der Waals surface area contributed by atoms with Gasteiger partial charge in [-0.25, -0.2) is 0 Å². The van der Waals surface area contributed by atoms with Crippen molar-refractivity contribution in [1.29, 1.82) is 0 Å². The predicted molar refractivity (Wildman–Crippen MR) is 73.6 cm³/mol. The van der Waals surface area contributed by atoms with E-state index in [9.17, 15) is 13.2 Å². The molecule has 0 bridgehead atoms. The third-order valence-electron chi connectivity index (χ3n) is 3.85. The van der Waals surface area contributed by atoms with Crippen LogP contribution in [-0.4, -0.2) is 18.8 Å². The fourth-order valence-corrected chi connectivity index (χ4v) is 3.10. The Bertz CT molecular complexity index is 502. The van der Waals surface area contributed by atoms with E-state index < -0.39 is 11.7 Å². The summed E-state index contributed by atoms with van der Waals surface area (Å²) in [5.74, 6) is 0.511. The summed E-state index contributed by atoms with van der Waals surface area (Å²) in [6.07, 6.45) is -1.31. The van der Waals surface area contributed by atoms with Crippen LogP contribution >= 0.6 is 15.9 Å². The summed E-state index contributed by atoms with van der Waals surface area (Å²) in [5.41, 5.74) is -0.491. The van der Waals surface area contributed by atoms with Crippen LogP contribution in [0.3, 0.4) is 0 Å². The minimum atomic E-state index is -4.35. The molecule has 2 atom stereocenters. The third-order valence-corrected chi connectivity index (χ3v) is 4.34. The quantitative estimate of drug-likeness (QED) is 0.870. The fraction of sp³-hybridized carbons (Fsp3) is 0.571. The van der Waals surface area contributed by atoms with E-state index in [2.05, 4.69) is 21.2 Å². The molecular formula is C14H15BrF3NO. The van der Waals surface area contributed by atoms with E-state index in [1.807, 2.05) is 0 Å². The van der Waals surface area contributed by atoms with E-state index in [4.69, 9.17) is 4.74 Å². The van der Waals surface area contributed by atoms with Crippen LogP contribution in [0.5, 0.6) is 0 Å². The second-order valence-electron chi connectivity index (χ2n) is 5.40. The molecule has 1 saturated carbocycles. The van der Waals surface area contributed by atoms with Crippen molar-refractivity contribution in [2.45, 2.75) is 37.6 Å². The van der Waals surface area contributed by atoms with Gasteiger partial charge in [0.15, 0.2) is 0 Å². The number of anilines is 1. The van der Waals surface area contributed by atoms with Crippen molar-refractivity contribution in [3.05, 3.63) is 28.2 Å². The lowest BCUT2D eigenvalue weighted by Crippen LogP contribution is -2.31. The lowest BCUT2D eigenvalue weighted by molar-refractivity contribution is -0.137. The van der Waals surface area contributed by atoms with Crippen molar-refractivity contribution in [2.24, 2.45) is 5.92 Å². The highest BCUT2D eigenvalue weighted by molar-refractivity contribution is 9.10. The van der Waals surface area contributed by atoms with Gasteiger partial charge in [-0.05, 0) is 43.4 Å². The van der Waals surface area contributed by atoms with Crippen LogP contribution in [0.25, 0.3) is 0 Å². The molecule has 2 nitrogen and oxygen atoms in total. The van der Waals surface area contributed by atoms with Crippen LogP contribution in [0, 0.1) is 5.92 Å². The van der Waals surface area contributed by atoms with Crippen LogP contribution in [0.2, 0.25) is 0 Å². The molecule has 0 spiro atoms. The molecule has 6 heteroatoms. The first-order valence-corrected chi connectivity index (χ1v) is 7.49. The highest BCUT2D eigenvalue weighted by Crippen LogP contribution is 2.41. The number of nitrogens with one attached hydrogen (secondary N) is 1. The monoisotopic (exact) mass is 349 g/mol. The van der Waals surface area contributed by atoms with Crippen LogP contribution in [-0.2, 0) is 10.9 Å². The molecule has 110 valence electrons. The van der Waals surface area contributed by atoms with E-state index in [-0.39, 0.29) is 17.8 Å². The molecule has 0 amide bonds. The molecule has 1 saturated heterocycles. The molecule has 20 heavy (non-hydrogen) atoms. The summed E-state index contributed by atoms with van der Waals surface area (Å²) in [4.78, 5) is 0. The maximum atomic E-state index is 13.0. The van der Waals surface area contributed by atoms with Crippen molar-refractivity contribution < 1.29 is 17.9 Å². The van der Waals surface area contributed by atoms with Gasteiger partial charge < -0.3 is 10.1 Å². The second kappa shape index (κ2) is 5.22.